The molecular formula is C46H45F3N8O7S. The largest absolute Gasteiger partial charge is 0.490 e. The average molecular weight is 911 g/mol. The van der Waals surface area contributed by atoms with Crippen molar-refractivity contribution < 1.29 is 45.5 Å². The highest BCUT2D eigenvalue weighted by atomic mass is 32.2. The maximum absolute atomic E-state index is 15.7. The molecule has 15 nitrogen and oxygen atoms in total. The van der Waals surface area contributed by atoms with E-state index in [1.54, 1.807) is 18.3 Å². The molecule has 3 amide bonds. The zero-order valence-corrected chi connectivity index (χ0v) is 35.9. The fourth-order valence-corrected chi connectivity index (χ4v) is 10.9. The van der Waals surface area contributed by atoms with Gasteiger partial charge in [-0.05, 0) is 91.3 Å². The third-order valence-electron chi connectivity index (χ3n) is 13.2. The number of nitrogens with zero attached hydrogens (tertiary/aromatic N) is 5. The number of anilines is 2. The number of carbonyl (C=O) groups excluding carboxylic acids is 4. The van der Waals surface area contributed by atoms with Crippen LogP contribution in [0.3, 0.4) is 0 Å². The molecule has 2 aromatic heterocycles. The fourth-order valence-electron chi connectivity index (χ4n) is 9.59. The second-order valence-electron chi connectivity index (χ2n) is 17.4. The summed E-state index contributed by atoms with van der Waals surface area (Å²) < 4.78 is 79.3. The summed E-state index contributed by atoms with van der Waals surface area (Å²) in [7, 11) is -4.36. The minimum Gasteiger partial charge on any atom is -0.490 e. The van der Waals surface area contributed by atoms with E-state index >= 15 is 8.78 Å². The third kappa shape index (κ3) is 8.31. The first-order chi connectivity index (χ1) is 31.3. The number of ether oxygens (including phenoxy) is 1. The van der Waals surface area contributed by atoms with E-state index in [0.29, 0.717) is 46.8 Å². The number of aromatic nitrogens is 2. The van der Waals surface area contributed by atoms with Crippen LogP contribution in [0.2, 0.25) is 0 Å². The molecule has 0 spiro atoms. The molecule has 5 aromatic rings. The number of carbonyl (C=O) groups is 4. The van der Waals surface area contributed by atoms with Gasteiger partial charge in [-0.25, -0.2) is 18.2 Å². The number of pyridine rings is 1. The van der Waals surface area contributed by atoms with Gasteiger partial charge in [0, 0.05) is 98.9 Å². The summed E-state index contributed by atoms with van der Waals surface area (Å²) in [5.74, 6) is -3.29. The molecule has 65 heavy (non-hydrogen) atoms. The van der Waals surface area contributed by atoms with Crippen LogP contribution in [0, 0.1) is 17.6 Å². The highest BCUT2D eigenvalue weighted by molar-refractivity contribution is 7.90. The number of piperazine rings is 1. The molecule has 2 atom stereocenters. The van der Waals surface area contributed by atoms with Gasteiger partial charge in [0.05, 0.1) is 17.4 Å². The van der Waals surface area contributed by atoms with Gasteiger partial charge >= 0.3 is 10.2 Å². The maximum atomic E-state index is 15.7. The second kappa shape index (κ2) is 16.9. The lowest BCUT2D eigenvalue weighted by Crippen LogP contribution is -2.52. The van der Waals surface area contributed by atoms with Gasteiger partial charge in [0.2, 0.25) is 17.6 Å². The van der Waals surface area contributed by atoms with Crippen LogP contribution < -0.4 is 19.7 Å². The molecule has 4 fully saturated rings. The molecule has 1 aliphatic carbocycles. The quantitative estimate of drug-likeness (QED) is 0.112. The number of piperidine rings is 1. The first kappa shape index (κ1) is 42.6. The topological polar surface area (TPSA) is 177 Å². The lowest BCUT2D eigenvalue weighted by atomic mass is 9.81. The van der Waals surface area contributed by atoms with Crippen molar-refractivity contribution in [1.29, 1.82) is 0 Å². The van der Waals surface area contributed by atoms with E-state index < -0.39 is 57.0 Å². The van der Waals surface area contributed by atoms with Crippen LogP contribution >= 0.6 is 0 Å². The number of rotatable bonds is 12. The number of amides is 3. The van der Waals surface area contributed by atoms with Gasteiger partial charge in [-0.1, -0.05) is 12.1 Å². The number of benzene rings is 3. The molecule has 1 saturated carbocycles. The van der Waals surface area contributed by atoms with Crippen molar-refractivity contribution in [2.24, 2.45) is 5.92 Å². The Hall–Kier alpha value is -6.31. The van der Waals surface area contributed by atoms with Crippen LogP contribution in [0.4, 0.5) is 24.5 Å². The number of nitrogens with one attached hydrogen (secondary N) is 3. The number of halogens is 3. The summed E-state index contributed by atoms with van der Waals surface area (Å²) in [5, 5.41) is 2.66. The lowest BCUT2D eigenvalue weighted by Gasteiger charge is -2.42. The van der Waals surface area contributed by atoms with Crippen molar-refractivity contribution in [1.82, 2.24) is 29.4 Å². The first-order valence-corrected chi connectivity index (χ1v) is 23.2. The average Bonchev–Trinajstić information content (AvgIpc) is 4.01. The van der Waals surface area contributed by atoms with Gasteiger partial charge < -0.3 is 19.5 Å². The van der Waals surface area contributed by atoms with Crippen LogP contribution in [-0.2, 0) is 26.3 Å². The molecule has 3 aromatic carbocycles. The Morgan fingerprint density at radius 2 is 1.71 bits per heavy atom. The number of aromatic amines is 1. The summed E-state index contributed by atoms with van der Waals surface area (Å²) in [6, 6.07) is 16.2. The summed E-state index contributed by atoms with van der Waals surface area (Å²) in [5.41, 5.74) is 2.63. The van der Waals surface area contributed by atoms with E-state index in [-0.39, 0.29) is 49.4 Å². The molecule has 0 bridgehead atoms. The number of H-pyrrole nitrogens is 1. The van der Waals surface area contributed by atoms with E-state index in [1.807, 2.05) is 41.1 Å². The van der Waals surface area contributed by atoms with Crippen molar-refractivity contribution in [3.8, 4) is 16.9 Å². The van der Waals surface area contributed by atoms with Gasteiger partial charge in [-0.15, -0.1) is 0 Å². The van der Waals surface area contributed by atoms with Crippen molar-refractivity contribution in [3.05, 3.63) is 107 Å². The van der Waals surface area contributed by atoms with Crippen molar-refractivity contribution in [2.45, 2.75) is 57.0 Å². The fraction of sp³-hybridized carbons (Fsp3) is 0.370. The predicted molar refractivity (Wildman–Crippen MR) is 233 cm³/mol. The SMILES string of the molecule is O=C1CCC(N2Cc3cc(O[C@H]4C[C@H](CN5CCN(c6ccc(-c7cnc8[nH]cc(C(=O)c9c(F)ccc(NS(=O)(=O)N%10CC[C@@H](F)C%10)c9F)c8c7)cc6)CC5)C4)ccc3C2=O)C(=O)N1. The summed E-state index contributed by atoms with van der Waals surface area (Å²) in [6.45, 7) is 4.32. The van der Waals surface area contributed by atoms with Gasteiger partial charge in [-0.2, -0.15) is 12.7 Å². The predicted octanol–water partition coefficient (Wildman–Crippen LogP) is 5.18. The Labute approximate surface area is 372 Å². The zero-order valence-electron chi connectivity index (χ0n) is 35.1. The number of hydrogen-bond donors (Lipinski definition) is 3. The van der Waals surface area contributed by atoms with Crippen molar-refractivity contribution >= 4 is 56.1 Å². The molecule has 3 saturated heterocycles. The molecule has 10 rings (SSSR count). The van der Waals surface area contributed by atoms with E-state index in [4.69, 9.17) is 4.74 Å². The number of ketones is 1. The lowest BCUT2D eigenvalue weighted by molar-refractivity contribution is -0.136. The van der Waals surface area contributed by atoms with E-state index in [9.17, 15) is 32.0 Å². The van der Waals surface area contributed by atoms with Crippen molar-refractivity contribution in [2.75, 3.05) is 55.4 Å². The smallest absolute Gasteiger partial charge is 0.301 e. The molecule has 6 heterocycles. The van der Waals surface area contributed by atoms with Crippen LogP contribution in [0.25, 0.3) is 22.2 Å². The van der Waals surface area contributed by atoms with Gasteiger partial charge in [0.25, 0.3) is 5.91 Å². The Kier molecular flexibility index (Phi) is 11.1. The van der Waals surface area contributed by atoms with Gasteiger partial charge in [0.1, 0.15) is 29.4 Å². The third-order valence-corrected chi connectivity index (χ3v) is 14.7. The number of fused-ring (bicyclic) bond motifs is 2. The highest BCUT2D eigenvalue weighted by Gasteiger charge is 2.40. The minimum absolute atomic E-state index is 0.00148. The Morgan fingerprint density at radius 1 is 0.923 bits per heavy atom. The highest BCUT2D eigenvalue weighted by Crippen LogP contribution is 2.36. The van der Waals surface area contributed by atoms with Crippen LogP contribution in [0.15, 0.2) is 73.1 Å². The second-order valence-corrected chi connectivity index (χ2v) is 19.1. The Balaban J connectivity index is 0.720. The molecule has 4 aliphatic heterocycles. The standard InChI is InChI=1S/C46H45F3N8O7S/c47-30-11-12-56(25-30)65(62,63)53-38-8-7-37(48)41(42(38)49)43(59)36-22-51-44-35(36)20-28(21-50-44)27-1-3-31(4-2-27)55-15-13-54(14-16-55)23-26-17-33(18-26)64-32-5-6-34-29(19-32)24-57(46(34)61)39-9-10-40(58)52-45(39)60/h1-8,19-22,26,30,33,39,53H,9-18,23-25H2,(H,50,51)(H,52,58,60)/t26-,30-,33-,39?/m1/s1. The molecule has 1 unspecified atom stereocenters. The number of hydrogen-bond acceptors (Lipinski definition) is 10. The minimum atomic E-state index is -4.36. The van der Waals surface area contributed by atoms with Crippen LogP contribution in [0.1, 0.15) is 63.9 Å². The summed E-state index contributed by atoms with van der Waals surface area (Å²) >= 11 is 0. The molecule has 338 valence electrons. The van der Waals surface area contributed by atoms with Gasteiger partial charge in [-0.3, -0.25) is 34.1 Å². The summed E-state index contributed by atoms with van der Waals surface area (Å²) in [6.07, 6.45) is 4.10. The number of imide groups is 1. The monoisotopic (exact) mass is 910 g/mol. The summed E-state index contributed by atoms with van der Waals surface area (Å²) in [4.78, 5) is 64.5. The van der Waals surface area contributed by atoms with Gasteiger partial charge in [0.15, 0.2) is 5.82 Å². The normalized spacial score (nSPS) is 22.8. The molecule has 0 radical (unpaired) electrons. The maximum Gasteiger partial charge on any atom is 0.301 e. The van der Waals surface area contributed by atoms with Crippen molar-refractivity contribution in [3.63, 3.8) is 0 Å². The zero-order chi connectivity index (χ0) is 45.1. The number of alkyl halides is 1. The van der Waals surface area contributed by atoms with E-state index in [0.717, 1.165) is 78.8 Å². The van der Waals surface area contributed by atoms with Crippen LogP contribution in [0.5, 0.6) is 5.75 Å². The molecule has 3 N–H and O–H groups in total. The van der Waals surface area contributed by atoms with E-state index in [2.05, 4.69) is 25.1 Å². The Bertz CT molecular complexity index is 2850. The first-order valence-electron chi connectivity index (χ1n) is 21.7. The Morgan fingerprint density at radius 3 is 2.45 bits per heavy atom. The molecular weight excluding hydrogens is 866 g/mol. The van der Waals surface area contributed by atoms with Crippen LogP contribution in [-0.4, -0.2) is 120 Å². The molecule has 19 heteroatoms. The van der Waals surface area contributed by atoms with E-state index in [1.165, 1.54) is 11.1 Å². The molecule has 5 aliphatic rings.